The predicted octanol–water partition coefficient (Wildman–Crippen LogP) is 3.36. The number of anilines is 1. The zero-order valence-electron chi connectivity index (χ0n) is 19.1. The van der Waals surface area contributed by atoms with Gasteiger partial charge in [0, 0.05) is 31.6 Å². The average Bonchev–Trinajstić information content (AvgIpc) is 2.83. The molecule has 0 atom stereocenters. The van der Waals surface area contributed by atoms with Gasteiger partial charge in [0.1, 0.15) is 0 Å². The van der Waals surface area contributed by atoms with E-state index >= 15 is 0 Å². The fraction of sp³-hybridized carbons (Fsp3) is 0.320. The van der Waals surface area contributed by atoms with Crippen molar-refractivity contribution in [2.24, 2.45) is 5.92 Å². The Labute approximate surface area is 198 Å². The Kier molecular flexibility index (Phi) is 6.95. The standard InChI is InChI=1S/C25H27N3O5S/c1-16-7-8-20(19-6-4-3-5-18(16)19)24(29)27-21-9-10-22(34(2,31)32)28-23(21)25(30)26-15-17-11-13-33-14-12-17/h3-10,17H,11-15H2,1-2H3,(H,26,30)(H,27,29). The quantitative estimate of drug-likeness (QED) is 0.558. The van der Waals surface area contributed by atoms with Crippen molar-refractivity contribution in [2.45, 2.75) is 24.8 Å². The number of hydrogen-bond donors (Lipinski definition) is 2. The molecule has 0 radical (unpaired) electrons. The summed E-state index contributed by atoms with van der Waals surface area (Å²) < 4.78 is 29.4. The van der Waals surface area contributed by atoms with Gasteiger partial charge in [-0.1, -0.05) is 30.3 Å². The topological polar surface area (TPSA) is 114 Å². The molecule has 34 heavy (non-hydrogen) atoms. The van der Waals surface area contributed by atoms with E-state index in [2.05, 4.69) is 15.6 Å². The van der Waals surface area contributed by atoms with Gasteiger partial charge in [0.05, 0.1) is 5.69 Å². The molecular weight excluding hydrogens is 454 g/mol. The van der Waals surface area contributed by atoms with Crippen LogP contribution in [-0.4, -0.2) is 51.2 Å². The van der Waals surface area contributed by atoms with Gasteiger partial charge in [0.15, 0.2) is 20.6 Å². The van der Waals surface area contributed by atoms with Crippen LogP contribution in [0.15, 0.2) is 53.6 Å². The van der Waals surface area contributed by atoms with Crippen molar-refractivity contribution < 1.29 is 22.7 Å². The third-order valence-corrected chi connectivity index (χ3v) is 6.98. The number of pyridine rings is 1. The zero-order valence-corrected chi connectivity index (χ0v) is 19.9. The fourth-order valence-corrected chi connectivity index (χ4v) is 4.60. The van der Waals surface area contributed by atoms with Crippen LogP contribution >= 0.6 is 0 Å². The van der Waals surface area contributed by atoms with E-state index in [1.807, 2.05) is 37.3 Å². The molecule has 0 bridgehead atoms. The Hall–Kier alpha value is -3.30. The molecule has 0 spiro atoms. The summed E-state index contributed by atoms with van der Waals surface area (Å²) >= 11 is 0. The van der Waals surface area contributed by atoms with Gasteiger partial charge in [-0.25, -0.2) is 13.4 Å². The van der Waals surface area contributed by atoms with E-state index in [-0.39, 0.29) is 22.3 Å². The summed E-state index contributed by atoms with van der Waals surface area (Å²) in [5.41, 5.74) is 1.49. The molecule has 1 saturated heterocycles. The van der Waals surface area contributed by atoms with Crippen molar-refractivity contribution in [3.05, 3.63) is 65.4 Å². The van der Waals surface area contributed by atoms with E-state index in [1.165, 1.54) is 12.1 Å². The first-order valence-electron chi connectivity index (χ1n) is 11.1. The molecule has 2 N–H and O–H groups in total. The highest BCUT2D eigenvalue weighted by molar-refractivity contribution is 7.90. The maximum absolute atomic E-state index is 13.2. The first kappa shape index (κ1) is 23.8. The highest BCUT2D eigenvalue weighted by atomic mass is 32.2. The highest BCUT2D eigenvalue weighted by Gasteiger charge is 2.22. The number of sulfone groups is 1. The van der Waals surface area contributed by atoms with Gasteiger partial charge >= 0.3 is 0 Å². The van der Waals surface area contributed by atoms with Crippen LogP contribution < -0.4 is 10.6 Å². The van der Waals surface area contributed by atoms with Crippen LogP contribution in [0.3, 0.4) is 0 Å². The number of benzene rings is 2. The number of amides is 2. The number of aromatic nitrogens is 1. The molecule has 0 unspecified atom stereocenters. The molecule has 178 valence electrons. The minimum absolute atomic E-state index is 0.139. The molecule has 1 aliphatic heterocycles. The molecule has 1 fully saturated rings. The first-order chi connectivity index (χ1) is 16.2. The monoisotopic (exact) mass is 481 g/mol. The molecule has 2 amide bonds. The summed E-state index contributed by atoms with van der Waals surface area (Å²) in [6.07, 6.45) is 2.69. The van der Waals surface area contributed by atoms with Gasteiger partial charge in [0.2, 0.25) is 0 Å². The Morgan fingerprint density at radius 3 is 2.41 bits per heavy atom. The second-order valence-corrected chi connectivity index (χ2v) is 10.5. The summed E-state index contributed by atoms with van der Waals surface area (Å²) in [5, 5.41) is 7.10. The molecule has 3 aromatic rings. The number of fused-ring (bicyclic) bond motifs is 1. The summed E-state index contributed by atoms with van der Waals surface area (Å²) in [6, 6.07) is 13.9. The fourth-order valence-electron chi connectivity index (χ4n) is 4.03. The summed E-state index contributed by atoms with van der Waals surface area (Å²) in [4.78, 5) is 30.3. The highest BCUT2D eigenvalue weighted by Crippen LogP contribution is 2.25. The van der Waals surface area contributed by atoms with Crippen molar-refractivity contribution >= 4 is 38.1 Å². The normalized spacial score (nSPS) is 14.6. The lowest BCUT2D eigenvalue weighted by Crippen LogP contribution is -2.33. The number of nitrogens with one attached hydrogen (secondary N) is 2. The van der Waals surface area contributed by atoms with Crippen molar-refractivity contribution in [3.63, 3.8) is 0 Å². The number of rotatable bonds is 6. The largest absolute Gasteiger partial charge is 0.381 e. The number of ether oxygens (including phenoxy) is 1. The van der Waals surface area contributed by atoms with E-state index in [0.717, 1.165) is 35.4 Å². The molecule has 1 aliphatic rings. The maximum Gasteiger partial charge on any atom is 0.272 e. The predicted molar refractivity (Wildman–Crippen MR) is 130 cm³/mol. The van der Waals surface area contributed by atoms with Crippen molar-refractivity contribution in [1.29, 1.82) is 0 Å². The Morgan fingerprint density at radius 1 is 1.00 bits per heavy atom. The number of carbonyl (C=O) groups excluding carboxylic acids is 2. The van der Waals surface area contributed by atoms with Crippen molar-refractivity contribution in [1.82, 2.24) is 10.3 Å². The maximum atomic E-state index is 13.2. The van der Waals surface area contributed by atoms with Gasteiger partial charge in [-0.15, -0.1) is 0 Å². The summed E-state index contributed by atoms with van der Waals surface area (Å²) in [7, 11) is -3.65. The van der Waals surface area contributed by atoms with Crippen molar-refractivity contribution in [2.75, 3.05) is 31.3 Å². The van der Waals surface area contributed by atoms with Crippen LogP contribution in [-0.2, 0) is 14.6 Å². The van der Waals surface area contributed by atoms with Crippen LogP contribution in [0.25, 0.3) is 10.8 Å². The molecule has 0 saturated carbocycles. The molecule has 1 aromatic heterocycles. The number of aryl methyl sites for hydroxylation is 1. The lowest BCUT2D eigenvalue weighted by Gasteiger charge is -2.22. The van der Waals surface area contributed by atoms with E-state index in [1.54, 1.807) is 6.07 Å². The second kappa shape index (κ2) is 9.90. The van der Waals surface area contributed by atoms with Crippen LogP contribution in [0, 0.1) is 12.8 Å². The molecule has 0 aliphatic carbocycles. The Bertz CT molecular complexity index is 1350. The SMILES string of the molecule is Cc1ccc(C(=O)Nc2ccc(S(C)(=O)=O)nc2C(=O)NCC2CCOCC2)c2ccccc12. The van der Waals surface area contributed by atoms with E-state index < -0.39 is 21.7 Å². The lowest BCUT2D eigenvalue weighted by atomic mass is 10.00. The van der Waals surface area contributed by atoms with Crippen LogP contribution in [0.4, 0.5) is 5.69 Å². The Balaban J connectivity index is 1.64. The zero-order chi connectivity index (χ0) is 24.3. The smallest absolute Gasteiger partial charge is 0.272 e. The minimum atomic E-state index is -3.65. The third kappa shape index (κ3) is 5.26. The van der Waals surface area contributed by atoms with Crippen LogP contribution in [0.2, 0.25) is 0 Å². The Morgan fingerprint density at radius 2 is 1.71 bits per heavy atom. The first-order valence-corrected chi connectivity index (χ1v) is 13.0. The van der Waals surface area contributed by atoms with Gasteiger partial charge < -0.3 is 15.4 Å². The number of carbonyl (C=O) groups is 2. The van der Waals surface area contributed by atoms with Crippen LogP contribution in [0.1, 0.15) is 39.3 Å². The average molecular weight is 482 g/mol. The number of nitrogens with zero attached hydrogens (tertiary/aromatic N) is 1. The molecule has 4 rings (SSSR count). The van der Waals surface area contributed by atoms with Gasteiger partial charge in [-0.3, -0.25) is 9.59 Å². The minimum Gasteiger partial charge on any atom is -0.381 e. The molecule has 8 nitrogen and oxygen atoms in total. The van der Waals surface area contributed by atoms with Gasteiger partial charge in [-0.2, -0.15) is 0 Å². The molecule has 2 aromatic carbocycles. The summed E-state index contributed by atoms with van der Waals surface area (Å²) in [5.74, 6) is -0.683. The molecular formula is C25H27N3O5S. The lowest BCUT2D eigenvalue weighted by molar-refractivity contribution is 0.0642. The van der Waals surface area contributed by atoms with E-state index in [9.17, 15) is 18.0 Å². The van der Waals surface area contributed by atoms with Crippen molar-refractivity contribution in [3.8, 4) is 0 Å². The van der Waals surface area contributed by atoms with Gasteiger partial charge in [-0.05, 0) is 60.2 Å². The number of hydrogen-bond acceptors (Lipinski definition) is 6. The third-order valence-electron chi connectivity index (χ3n) is 5.99. The molecule has 2 heterocycles. The van der Waals surface area contributed by atoms with Gasteiger partial charge in [0.25, 0.3) is 11.8 Å². The van der Waals surface area contributed by atoms with Crippen LogP contribution in [0.5, 0.6) is 0 Å². The molecule has 9 heteroatoms. The van der Waals surface area contributed by atoms with E-state index in [0.29, 0.717) is 25.3 Å². The second-order valence-electron chi connectivity index (χ2n) is 8.51. The van der Waals surface area contributed by atoms with E-state index in [4.69, 9.17) is 4.74 Å². The summed E-state index contributed by atoms with van der Waals surface area (Å²) in [6.45, 7) is 3.68.